The van der Waals surface area contributed by atoms with Crippen molar-refractivity contribution < 1.29 is 9.53 Å². The number of nitrogens with one attached hydrogen (secondary N) is 2. The number of carbonyl (C=O) groups is 1. The minimum absolute atomic E-state index is 0.117. The molecule has 5 nitrogen and oxygen atoms in total. The summed E-state index contributed by atoms with van der Waals surface area (Å²) in [5, 5.41) is 9.98. The van der Waals surface area contributed by atoms with Gasteiger partial charge in [-0.1, -0.05) is 17.7 Å². The normalized spacial score (nSPS) is 10.4. The zero-order valence-electron chi connectivity index (χ0n) is 11.6. The summed E-state index contributed by atoms with van der Waals surface area (Å²) < 4.78 is 5.42. The predicted molar refractivity (Wildman–Crippen MR) is 78.4 cm³/mol. The highest BCUT2D eigenvalue weighted by Crippen LogP contribution is 2.25. The number of aryl methyl sites for hydroxylation is 2. The summed E-state index contributed by atoms with van der Waals surface area (Å²) in [4.78, 5) is 11.8. The molecule has 106 valence electrons. The lowest BCUT2D eigenvalue weighted by Gasteiger charge is -2.08. The lowest BCUT2D eigenvalue weighted by molar-refractivity contribution is -0.118. The molecule has 1 heterocycles. The Bertz CT molecular complexity index is 637. The summed E-state index contributed by atoms with van der Waals surface area (Å²) in [6, 6.07) is 5.41. The predicted octanol–water partition coefficient (Wildman–Crippen LogP) is 3.01. The number of anilines is 1. The van der Waals surface area contributed by atoms with Crippen molar-refractivity contribution in [3.63, 3.8) is 0 Å². The minimum atomic E-state index is -0.280. The van der Waals surface area contributed by atoms with Crippen molar-refractivity contribution >= 4 is 23.3 Å². The Kier molecular flexibility index (Phi) is 4.29. The molecule has 0 fully saturated rings. The standard InChI is InChI=1S/C14H16ClN3O2/c1-8-4-5-11(15)12(6-8)20-7-13(19)16-14-9(2)10(3)17-18-14/h4-6H,7H2,1-3H3,(H2,16,17,18,19). The quantitative estimate of drug-likeness (QED) is 0.910. The van der Waals surface area contributed by atoms with Gasteiger partial charge in [0.15, 0.2) is 12.4 Å². The van der Waals surface area contributed by atoms with Crippen LogP contribution in [0.2, 0.25) is 5.02 Å². The van der Waals surface area contributed by atoms with Gasteiger partial charge in [-0.25, -0.2) is 0 Å². The summed E-state index contributed by atoms with van der Waals surface area (Å²) in [6.07, 6.45) is 0. The van der Waals surface area contributed by atoms with E-state index in [0.29, 0.717) is 16.6 Å². The average molecular weight is 294 g/mol. The maximum atomic E-state index is 11.8. The van der Waals surface area contributed by atoms with Crippen molar-refractivity contribution in [2.75, 3.05) is 11.9 Å². The first-order chi connectivity index (χ1) is 9.47. The number of amides is 1. The lowest BCUT2D eigenvalue weighted by Crippen LogP contribution is -2.21. The number of ether oxygens (including phenoxy) is 1. The van der Waals surface area contributed by atoms with E-state index in [4.69, 9.17) is 16.3 Å². The molecule has 6 heteroatoms. The largest absolute Gasteiger partial charge is 0.482 e. The Morgan fingerprint density at radius 2 is 2.15 bits per heavy atom. The van der Waals surface area contributed by atoms with E-state index in [9.17, 15) is 4.79 Å². The second-order valence-corrected chi connectivity index (χ2v) is 5.00. The number of H-pyrrole nitrogens is 1. The Morgan fingerprint density at radius 1 is 1.40 bits per heavy atom. The first kappa shape index (κ1) is 14.4. The monoisotopic (exact) mass is 293 g/mol. The summed E-state index contributed by atoms with van der Waals surface area (Å²) in [6.45, 7) is 5.58. The number of hydrogen-bond acceptors (Lipinski definition) is 3. The number of halogens is 1. The van der Waals surface area contributed by atoms with E-state index >= 15 is 0 Å². The number of aromatic nitrogens is 2. The highest BCUT2D eigenvalue weighted by Gasteiger charge is 2.11. The van der Waals surface area contributed by atoms with Crippen molar-refractivity contribution in [2.45, 2.75) is 20.8 Å². The Balaban J connectivity index is 1.95. The van der Waals surface area contributed by atoms with Crippen molar-refractivity contribution in [3.8, 4) is 5.75 Å². The molecule has 0 aliphatic heterocycles. The maximum absolute atomic E-state index is 11.8. The molecule has 0 saturated heterocycles. The highest BCUT2D eigenvalue weighted by atomic mass is 35.5. The van der Waals surface area contributed by atoms with Crippen LogP contribution in [0.5, 0.6) is 5.75 Å². The Morgan fingerprint density at radius 3 is 2.80 bits per heavy atom. The van der Waals surface area contributed by atoms with Crippen LogP contribution in [0.15, 0.2) is 18.2 Å². The molecule has 1 amide bonds. The third-order valence-corrected chi connectivity index (χ3v) is 3.27. The smallest absolute Gasteiger partial charge is 0.263 e. The van der Waals surface area contributed by atoms with Gasteiger partial charge in [-0.3, -0.25) is 9.89 Å². The van der Waals surface area contributed by atoms with Crippen LogP contribution < -0.4 is 10.1 Å². The van der Waals surface area contributed by atoms with Crippen LogP contribution in [0.25, 0.3) is 0 Å². The van der Waals surface area contributed by atoms with Gasteiger partial charge in [0.05, 0.1) is 5.02 Å². The molecule has 0 bridgehead atoms. The lowest BCUT2D eigenvalue weighted by atomic mass is 10.2. The van der Waals surface area contributed by atoms with E-state index in [1.807, 2.05) is 26.8 Å². The van der Waals surface area contributed by atoms with Crippen molar-refractivity contribution in [1.82, 2.24) is 10.2 Å². The van der Waals surface area contributed by atoms with Crippen LogP contribution in [-0.2, 0) is 4.79 Å². The number of nitrogens with zero attached hydrogens (tertiary/aromatic N) is 1. The molecule has 0 unspecified atom stereocenters. The first-order valence-corrected chi connectivity index (χ1v) is 6.55. The van der Waals surface area contributed by atoms with E-state index in [1.54, 1.807) is 12.1 Å². The molecule has 2 N–H and O–H groups in total. The second kappa shape index (κ2) is 5.96. The molecular weight excluding hydrogens is 278 g/mol. The molecule has 0 aliphatic rings. The van der Waals surface area contributed by atoms with E-state index in [1.165, 1.54) is 0 Å². The third kappa shape index (κ3) is 3.30. The number of hydrogen-bond donors (Lipinski definition) is 2. The van der Waals surface area contributed by atoms with E-state index in [-0.39, 0.29) is 12.5 Å². The van der Waals surface area contributed by atoms with Gasteiger partial charge >= 0.3 is 0 Å². The molecular formula is C14H16ClN3O2. The van der Waals surface area contributed by atoms with Crippen molar-refractivity contribution in [1.29, 1.82) is 0 Å². The van der Waals surface area contributed by atoms with Crippen LogP contribution in [-0.4, -0.2) is 22.7 Å². The molecule has 20 heavy (non-hydrogen) atoms. The minimum Gasteiger partial charge on any atom is -0.482 e. The summed E-state index contributed by atoms with van der Waals surface area (Å²) in [5.41, 5.74) is 2.85. The number of benzene rings is 1. The van der Waals surface area contributed by atoms with E-state index in [2.05, 4.69) is 15.5 Å². The van der Waals surface area contributed by atoms with Crippen LogP contribution >= 0.6 is 11.6 Å². The fourth-order valence-electron chi connectivity index (χ4n) is 1.64. The number of carbonyl (C=O) groups excluding carboxylic acids is 1. The van der Waals surface area contributed by atoms with Crippen LogP contribution in [0.3, 0.4) is 0 Å². The van der Waals surface area contributed by atoms with Gasteiger partial charge in [-0.2, -0.15) is 5.10 Å². The van der Waals surface area contributed by atoms with Crippen LogP contribution in [0, 0.1) is 20.8 Å². The molecule has 0 aliphatic carbocycles. The summed E-state index contributed by atoms with van der Waals surface area (Å²) in [5.74, 6) is 0.736. The maximum Gasteiger partial charge on any atom is 0.263 e. The van der Waals surface area contributed by atoms with Gasteiger partial charge in [0.25, 0.3) is 5.91 Å². The fraction of sp³-hybridized carbons (Fsp3) is 0.286. The highest BCUT2D eigenvalue weighted by molar-refractivity contribution is 6.32. The Hall–Kier alpha value is -2.01. The van der Waals surface area contributed by atoms with E-state index < -0.39 is 0 Å². The molecule has 0 spiro atoms. The zero-order chi connectivity index (χ0) is 14.7. The molecule has 0 radical (unpaired) electrons. The van der Waals surface area contributed by atoms with Gasteiger partial charge in [-0.15, -0.1) is 0 Å². The van der Waals surface area contributed by atoms with Crippen molar-refractivity contribution in [2.24, 2.45) is 0 Å². The van der Waals surface area contributed by atoms with E-state index in [0.717, 1.165) is 16.8 Å². The molecule has 2 rings (SSSR count). The average Bonchev–Trinajstić information content (AvgIpc) is 2.72. The van der Waals surface area contributed by atoms with Gasteiger partial charge in [0.2, 0.25) is 0 Å². The van der Waals surface area contributed by atoms with Crippen LogP contribution in [0.1, 0.15) is 16.8 Å². The number of rotatable bonds is 4. The van der Waals surface area contributed by atoms with Crippen molar-refractivity contribution in [3.05, 3.63) is 40.0 Å². The molecule has 1 aromatic heterocycles. The molecule has 0 atom stereocenters. The fourth-order valence-corrected chi connectivity index (χ4v) is 1.81. The second-order valence-electron chi connectivity index (χ2n) is 4.59. The molecule has 1 aromatic carbocycles. The van der Waals surface area contributed by atoms with Gasteiger partial charge in [-0.05, 0) is 38.5 Å². The number of aromatic amines is 1. The van der Waals surface area contributed by atoms with Gasteiger partial charge in [0, 0.05) is 11.3 Å². The topological polar surface area (TPSA) is 67.0 Å². The molecule has 0 saturated carbocycles. The Labute approximate surface area is 122 Å². The first-order valence-electron chi connectivity index (χ1n) is 6.17. The van der Waals surface area contributed by atoms with Crippen LogP contribution in [0.4, 0.5) is 5.82 Å². The van der Waals surface area contributed by atoms with Gasteiger partial charge in [0.1, 0.15) is 5.75 Å². The zero-order valence-corrected chi connectivity index (χ0v) is 12.3. The van der Waals surface area contributed by atoms with Gasteiger partial charge < -0.3 is 10.1 Å². The summed E-state index contributed by atoms with van der Waals surface area (Å²) >= 11 is 5.99. The SMILES string of the molecule is Cc1ccc(Cl)c(OCC(=O)Nc2n[nH]c(C)c2C)c1. The summed E-state index contributed by atoms with van der Waals surface area (Å²) in [7, 11) is 0. The third-order valence-electron chi connectivity index (χ3n) is 2.96. The molecule has 2 aromatic rings.